The van der Waals surface area contributed by atoms with Crippen LogP contribution in [0, 0.1) is 5.82 Å². The molecule has 1 N–H and O–H groups in total. The van der Waals surface area contributed by atoms with Gasteiger partial charge in [-0.05, 0) is 41.8 Å². The van der Waals surface area contributed by atoms with Crippen molar-refractivity contribution in [3.63, 3.8) is 0 Å². The maximum Gasteiger partial charge on any atom is 0.243 e. The molecule has 0 aliphatic rings. The van der Waals surface area contributed by atoms with Crippen molar-refractivity contribution in [1.29, 1.82) is 0 Å². The Morgan fingerprint density at radius 2 is 1.79 bits per heavy atom. The first-order valence-corrected chi connectivity index (χ1v) is 14.2. The summed E-state index contributed by atoms with van der Waals surface area (Å²) in [5.41, 5.74) is 2.17. The first-order valence-electron chi connectivity index (χ1n) is 12.7. The van der Waals surface area contributed by atoms with Crippen molar-refractivity contribution in [2.24, 2.45) is 0 Å². The van der Waals surface area contributed by atoms with Crippen LogP contribution in [0.15, 0.2) is 72.8 Å². The van der Waals surface area contributed by atoms with Gasteiger partial charge < -0.3 is 15.0 Å². The van der Waals surface area contributed by atoms with Gasteiger partial charge >= 0.3 is 0 Å². The van der Waals surface area contributed by atoms with Gasteiger partial charge in [0, 0.05) is 35.8 Å². The van der Waals surface area contributed by atoms with Crippen LogP contribution in [0.3, 0.4) is 0 Å². The van der Waals surface area contributed by atoms with E-state index in [1.54, 1.807) is 24.1 Å². The van der Waals surface area contributed by atoms with Gasteiger partial charge in [-0.15, -0.1) is 11.8 Å². The van der Waals surface area contributed by atoms with Crippen molar-refractivity contribution >= 4 is 35.2 Å². The van der Waals surface area contributed by atoms with Gasteiger partial charge in [-0.2, -0.15) is 0 Å². The molecule has 3 aromatic carbocycles. The summed E-state index contributed by atoms with van der Waals surface area (Å²) in [4.78, 5) is 28.8. The summed E-state index contributed by atoms with van der Waals surface area (Å²) in [6.07, 6.45) is 2.18. The van der Waals surface area contributed by atoms with Gasteiger partial charge in [0.1, 0.15) is 17.6 Å². The number of nitrogens with one attached hydrogen (secondary N) is 1. The summed E-state index contributed by atoms with van der Waals surface area (Å²) in [6.45, 7) is 2.84. The second-order valence-electron chi connectivity index (χ2n) is 8.92. The zero-order chi connectivity index (χ0) is 27.3. The Balaban J connectivity index is 1.87. The van der Waals surface area contributed by atoms with Crippen LogP contribution in [0.2, 0.25) is 5.02 Å². The summed E-state index contributed by atoms with van der Waals surface area (Å²) in [5, 5.41) is 3.34. The van der Waals surface area contributed by atoms with E-state index in [2.05, 4.69) is 12.2 Å². The van der Waals surface area contributed by atoms with Gasteiger partial charge in [0.2, 0.25) is 11.8 Å². The molecule has 3 rings (SSSR count). The summed E-state index contributed by atoms with van der Waals surface area (Å²) < 4.78 is 19.6. The van der Waals surface area contributed by atoms with Gasteiger partial charge in [-0.1, -0.05) is 73.5 Å². The lowest BCUT2D eigenvalue weighted by Gasteiger charge is -2.31. The number of ether oxygens (including phenoxy) is 1. The zero-order valence-electron chi connectivity index (χ0n) is 21.8. The highest BCUT2D eigenvalue weighted by Crippen LogP contribution is 2.25. The van der Waals surface area contributed by atoms with Gasteiger partial charge in [0.05, 0.1) is 12.9 Å². The lowest BCUT2D eigenvalue weighted by atomic mass is 10.0. The molecule has 0 saturated heterocycles. The lowest BCUT2D eigenvalue weighted by Crippen LogP contribution is -2.51. The van der Waals surface area contributed by atoms with Crippen LogP contribution in [0.4, 0.5) is 4.39 Å². The number of nitrogens with zero attached hydrogens (tertiary/aromatic N) is 1. The quantitative estimate of drug-likeness (QED) is 0.237. The minimum atomic E-state index is -0.717. The summed E-state index contributed by atoms with van der Waals surface area (Å²) in [7, 11) is 1.59. The molecule has 0 saturated carbocycles. The number of hydrogen-bond donors (Lipinski definition) is 1. The Labute approximate surface area is 233 Å². The minimum absolute atomic E-state index is 0.0716. The lowest BCUT2D eigenvalue weighted by molar-refractivity contribution is -0.139. The number of hydrogen-bond acceptors (Lipinski definition) is 4. The number of thioether (sulfide) groups is 1. The molecular weight excluding hydrogens is 523 g/mol. The largest absolute Gasteiger partial charge is 0.497 e. The molecule has 0 unspecified atom stereocenters. The smallest absolute Gasteiger partial charge is 0.243 e. The van der Waals surface area contributed by atoms with E-state index in [1.165, 1.54) is 17.8 Å². The molecule has 2 amide bonds. The van der Waals surface area contributed by atoms with Crippen molar-refractivity contribution in [3.8, 4) is 5.75 Å². The highest BCUT2D eigenvalue weighted by molar-refractivity contribution is 7.99. The first kappa shape index (κ1) is 29.5. The monoisotopic (exact) mass is 556 g/mol. The van der Waals surface area contributed by atoms with Crippen LogP contribution in [0.25, 0.3) is 0 Å². The number of halogens is 2. The normalized spacial score (nSPS) is 11.6. The number of amides is 2. The third-order valence-electron chi connectivity index (χ3n) is 6.12. The summed E-state index contributed by atoms with van der Waals surface area (Å²) in [5.74, 6) is 0.185. The Morgan fingerprint density at radius 3 is 2.50 bits per heavy atom. The molecule has 38 heavy (non-hydrogen) atoms. The molecule has 202 valence electrons. The number of carbonyl (C=O) groups is 2. The van der Waals surface area contributed by atoms with Gasteiger partial charge in [0.15, 0.2) is 0 Å². The van der Waals surface area contributed by atoms with Crippen LogP contribution in [-0.2, 0) is 28.3 Å². The summed E-state index contributed by atoms with van der Waals surface area (Å²) >= 11 is 7.45. The maximum atomic E-state index is 14.3. The number of methoxy groups -OCH3 is 1. The van der Waals surface area contributed by atoms with Crippen LogP contribution in [0.1, 0.15) is 36.5 Å². The molecule has 0 aliphatic heterocycles. The van der Waals surface area contributed by atoms with Crippen molar-refractivity contribution in [2.75, 3.05) is 19.4 Å². The number of carbonyl (C=O) groups excluding carboxylic acids is 2. The Bertz CT molecular complexity index is 1170. The van der Waals surface area contributed by atoms with Crippen LogP contribution in [-0.4, -0.2) is 42.2 Å². The highest BCUT2D eigenvalue weighted by atomic mass is 35.5. The van der Waals surface area contributed by atoms with E-state index in [0.717, 1.165) is 24.0 Å². The average Bonchev–Trinajstić information content (AvgIpc) is 2.93. The van der Waals surface area contributed by atoms with Gasteiger partial charge in [0.25, 0.3) is 0 Å². The zero-order valence-corrected chi connectivity index (χ0v) is 23.4. The number of unbranched alkanes of at least 4 members (excludes halogenated alkanes) is 1. The highest BCUT2D eigenvalue weighted by Gasteiger charge is 2.30. The second-order valence-corrected chi connectivity index (χ2v) is 10.3. The average molecular weight is 557 g/mol. The van der Waals surface area contributed by atoms with Crippen molar-refractivity contribution in [1.82, 2.24) is 10.2 Å². The molecule has 0 fully saturated rings. The first-order chi connectivity index (χ1) is 18.4. The summed E-state index contributed by atoms with van der Waals surface area (Å²) in [6, 6.07) is 21.0. The molecule has 8 heteroatoms. The predicted molar refractivity (Wildman–Crippen MR) is 153 cm³/mol. The Morgan fingerprint density at radius 1 is 1.05 bits per heavy atom. The third-order valence-corrected chi connectivity index (χ3v) is 7.42. The van der Waals surface area contributed by atoms with Crippen molar-refractivity contribution < 1.29 is 18.7 Å². The van der Waals surface area contributed by atoms with Gasteiger partial charge in [-0.3, -0.25) is 9.59 Å². The molecule has 0 aromatic heterocycles. The van der Waals surface area contributed by atoms with E-state index < -0.39 is 11.9 Å². The van der Waals surface area contributed by atoms with E-state index in [9.17, 15) is 14.0 Å². The second kappa shape index (κ2) is 15.4. The van der Waals surface area contributed by atoms with E-state index in [-0.39, 0.29) is 29.9 Å². The van der Waals surface area contributed by atoms with Crippen molar-refractivity contribution in [2.45, 2.75) is 44.5 Å². The maximum absolute atomic E-state index is 14.3. The molecule has 0 heterocycles. The molecule has 0 bridgehead atoms. The Hall–Kier alpha value is -3.03. The predicted octanol–water partition coefficient (Wildman–Crippen LogP) is 6.28. The minimum Gasteiger partial charge on any atom is -0.497 e. The topological polar surface area (TPSA) is 58.6 Å². The molecule has 3 aromatic rings. The fraction of sp³-hybridized carbons (Fsp3) is 0.333. The number of benzene rings is 3. The molecule has 0 radical (unpaired) electrons. The Kier molecular flexibility index (Phi) is 12.0. The van der Waals surface area contributed by atoms with E-state index >= 15 is 0 Å². The SMILES string of the molecule is CCCCNC(=O)[C@H](Cc1ccccc1)N(Cc1cccc(OC)c1)C(=O)CSCc1c(F)cccc1Cl. The molecular formula is C30H34ClFN2O3S. The molecule has 5 nitrogen and oxygen atoms in total. The van der Waals surface area contributed by atoms with Crippen LogP contribution in [0.5, 0.6) is 5.75 Å². The van der Waals surface area contributed by atoms with Crippen LogP contribution >= 0.6 is 23.4 Å². The number of rotatable bonds is 14. The molecule has 1 atom stereocenters. The standard InChI is InChI=1S/C30H34ClFN2O3S/c1-3-4-16-33-30(36)28(18-22-10-6-5-7-11-22)34(19-23-12-8-13-24(17-23)37-2)29(35)21-38-20-25-26(31)14-9-15-27(25)32/h5-15,17,28H,3-4,16,18-21H2,1-2H3,(H,33,36)/t28-/m0/s1. The molecule has 0 spiro atoms. The van der Waals surface area contributed by atoms with Gasteiger partial charge in [-0.25, -0.2) is 4.39 Å². The van der Waals surface area contributed by atoms with Crippen molar-refractivity contribution in [3.05, 3.63) is 100 Å². The van der Waals surface area contributed by atoms with Crippen LogP contribution < -0.4 is 10.1 Å². The third kappa shape index (κ3) is 8.77. The van der Waals surface area contributed by atoms with E-state index in [1.807, 2.05) is 54.6 Å². The van der Waals surface area contributed by atoms with E-state index in [0.29, 0.717) is 29.3 Å². The van der Waals surface area contributed by atoms with E-state index in [4.69, 9.17) is 16.3 Å². The fourth-order valence-electron chi connectivity index (χ4n) is 4.02. The fourth-order valence-corrected chi connectivity index (χ4v) is 5.27. The molecule has 0 aliphatic carbocycles.